The van der Waals surface area contributed by atoms with Crippen LogP contribution in [0.4, 0.5) is 5.69 Å². The number of allylic oxidation sites excluding steroid dienone is 6. The highest BCUT2D eigenvalue weighted by atomic mass is 79.9. The Labute approximate surface area is 244 Å². The van der Waals surface area contributed by atoms with Gasteiger partial charge in [-0.1, -0.05) is 23.8 Å². The average Bonchev–Trinajstić information content (AvgIpc) is 3.21. The topological polar surface area (TPSA) is 141 Å². The molecule has 3 aliphatic carbocycles. The van der Waals surface area contributed by atoms with Gasteiger partial charge >= 0.3 is 7.12 Å². The smallest absolute Gasteiger partial charge is 0.488 e. The van der Waals surface area contributed by atoms with Crippen molar-refractivity contribution in [2.24, 2.45) is 17.8 Å². The van der Waals surface area contributed by atoms with Crippen molar-refractivity contribution in [2.75, 3.05) is 12.0 Å². The van der Waals surface area contributed by atoms with E-state index >= 15 is 0 Å². The summed E-state index contributed by atoms with van der Waals surface area (Å²) in [5.74, 6) is -4.00. The lowest BCUT2D eigenvalue weighted by Gasteiger charge is -2.42. The molecule has 1 heterocycles. The van der Waals surface area contributed by atoms with Crippen LogP contribution in [0, 0.1) is 17.8 Å². The minimum absolute atomic E-state index is 0.111. The number of hydrogen-bond acceptors (Lipinski definition) is 8. The number of aromatic hydroxyl groups is 1. The normalized spacial score (nSPS) is 25.4. The summed E-state index contributed by atoms with van der Waals surface area (Å²) >= 11 is 3.36. The molecule has 0 bridgehead atoms. The van der Waals surface area contributed by atoms with Crippen molar-refractivity contribution < 1.29 is 39.1 Å². The molecule has 2 amide bonds. The van der Waals surface area contributed by atoms with Crippen molar-refractivity contribution in [1.82, 2.24) is 0 Å². The van der Waals surface area contributed by atoms with E-state index in [0.717, 1.165) is 10.5 Å². The molecule has 0 aromatic heterocycles. The van der Waals surface area contributed by atoms with Crippen LogP contribution in [0.1, 0.15) is 31.2 Å². The van der Waals surface area contributed by atoms with E-state index in [1.54, 1.807) is 31.2 Å². The summed E-state index contributed by atoms with van der Waals surface area (Å²) in [5.41, 5.74) is 2.72. The third-order valence-electron chi connectivity index (χ3n) is 8.59. The minimum Gasteiger partial charge on any atom is -0.503 e. The monoisotopic (exact) mass is 617 g/mol. The van der Waals surface area contributed by atoms with Crippen LogP contribution in [-0.2, 0) is 19.2 Å². The van der Waals surface area contributed by atoms with E-state index < -0.39 is 42.6 Å². The lowest BCUT2D eigenvalue weighted by Crippen LogP contribution is -2.40. The Morgan fingerprint density at radius 1 is 1.05 bits per heavy atom. The van der Waals surface area contributed by atoms with Crippen LogP contribution >= 0.6 is 15.9 Å². The second-order valence-corrected chi connectivity index (χ2v) is 11.6. The van der Waals surface area contributed by atoms with Crippen LogP contribution in [0.3, 0.4) is 0 Å². The molecule has 1 fully saturated rings. The lowest BCUT2D eigenvalue weighted by molar-refractivity contribution is -0.123. The molecule has 3 N–H and O–H groups in total. The van der Waals surface area contributed by atoms with Crippen LogP contribution in [-0.4, -0.2) is 52.8 Å². The lowest BCUT2D eigenvalue weighted by atomic mass is 9.59. The predicted octanol–water partition coefficient (Wildman–Crippen LogP) is 2.48. The summed E-state index contributed by atoms with van der Waals surface area (Å²) in [5, 5.41) is 29.7. The van der Waals surface area contributed by atoms with Gasteiger partial charge in [-0.15, -0.1) is 0 Å². The summed E-state index contributed by atoms with van der Waals surface area (Å²) in [6, 6.07) is 9.28. The van der Waals surface area contributed by atoms with E-state index in [4.69, 9.17) is 4.74 Å². The van der Waals surface area contributed by atoms with E-state index in [-0.39, 0.29) is 47.1 Å². The largest absolute Gasteiger partial charge is 0.503 e. The molecule has 2 aromatic carbocycles. The van der Waals surface area contributed by atoms with E-state index in [0.29, 0.717) is 26.8 Å². The molecule has 0 saturated carbocycles. The van der Waals surface area contributed by atoms with Crippen molar-refractivity contribution in [3.8, 4) is 11.5 Å². The third kappa shape index (κ3) is 4.14. The highest BCUT2D eigenvalue weighted by Gasteiger charge is 2.56. The van der Waals surface area contributed by atoms with Crippen LogP contribution in [0.5, 0.6) is 11.5 Å². The number of benzene rings is 2. The van der Waals surface area contributed by atoms with Gasteiger partial charge in [-0.2, -0.15) is 0 Å². The zero-order valence-corrected chi connectivity index (χ0v) is 23.7. The highest BCUT2D eigenvalue weighted by Crippen LogP contribution is 2.56. The summed E-state index contributed by atoms with van der Waals surface area (Å²) in [6.45, 7) is 1.59. The van der Waals surface area contributed by atoms with Crippen molar-refractivity contribution in [1.29, 1.82) is 0 Å². The average molecular weight is 618 g/mol. The van der Waals surface area contributed by atoms with Gasteiger partial charge in [0.1, 0.15) is 0 Å². The molecule has 9 nitrogen and oxygen atoms in total. The number of fused-ring (bicyclic) bond motifs is 3. The van der Waals surface area contributed by atoms with Gasteiger partial charge in [0.2, 0.25) is 11.8 Å². The number of Topliss-reactive ketones (excluding diaryl/α,β-unsaturated/α-hetero) is 1. The van der Waals surface area contributed by atoms with Gasteiger partial charge < -0.3 is 19.9 Å². The Hall–Kier alpha value is -3.80. The predicted molar refractivity (Wildman–Crippen MR) is 152 cm³/mol. The highest BCUT2D eigenvalue weighted by molar-refractivity contribution is 9.10. The van der Waals surface area contributed by atoms with Gasteiger partial charge in [-0.25, -0.2) is 0 Å². The third-order valence-corrected chi connectivity index (χ3v) is 9.20. The first kappa shape index (κ1) is 27.4. The number of carbonyl (C=O) groups is 4. The minimum atomic E-state index is -1.77. The molecule has 4 unspecified atom stereocenters. The number of imide groups is 1. The van der Waals surface area contributed by atoms with Gasteiger partial charge in [-0.3, -0.25) is 24.1 Å². The molecule has 41 heavy (non-hydrogen) atoms. The number of ketones is 2. The standard InChI is InChI=1S/C30H25BBrNO8/c1-13-8-22(34)26-20(27(13)35)12-19-17(24(26)14-9-21(32)28(36)23(10-14)41-2)6-7-18-25(19)30(38)33(29(18)37)16-5-3-4-15(11-16)31(39)40/h3-6,8-11,18-19,24-25,36,39-40H,7,12H2,1-2H3. The van der Waals surface area contributed by atoms with E-state index in [1.807, 2.05) is 6.08 Å². The number of rotatable bonds is 4. The quantitative estimate of drug-likeness (QED) is 0.206. The van der Waals surface area contributed by atoms with Crippen LogP contribution in [0.15, 0.2) is 75.3 Å². The number of halogens is 1. The number of methoxy groups -OCH3 is 1. The van der Waals surface area contributed by atoms with Crippen molar-refractivity contribution >= 4 is 57.6 Å². The fourth-order valence-electron chi connectivity index (χ4n) is 6.76. The number of hydrogen-bond donors (Lipinski definition) is 3. The molecule has 1 aliphatic heterocycles. The molecule has 0 spiro atoms. The number of carbonyl (C=O) groups excluding carboxylic acids is 4. The maximum absolute atomic E-state index is 14.0. The molecular weight excluding hydrogens is 593 g/mol. The van der Waals surface area contributed by atoms with Crippen LogP contribution in [0.25, 0.3) is 0 Å². The summed E-state index contributed by atoms with van der Waals surface area (Å²) in [6.07, 6.45) is 3.63. The fraction of sp³-hybridized carbons (Fsp3) is 0.267. The summed E-state index contributed by atoms with van der Waals surface area (Å²) < 4.78 is 5.71. The Balaban J connectivity index is 1.49. The number of anilines is 1. The van der Waals surface area contributed by atoms with Gasteiger partial charge in [0.05, 0.1) is 29.1 Å². The van der Waals surface area contributed by atoms with E-state index in [1.165, 1.54) is 25.3 Å². The zero-order chi connectivity index (χ0) is 29.3. The Morgan fingerprint density at radius 3 is 2.51 bits per heavy atom. The van der Waals surface area contributed by atoms with Crippen molar-refractivity contribution in [2.45, 2.75) is 25.7 Å². The van der Waals surface area contributed by atoms with Gasteiger partial charge in [0, 0.05) is 22.6 Å². The second-order valence-electron chi connectivity index (χ2n) is 10.8. The zero-order valence-electron chi connectivity index (χ0n) is 22.1. The number of nitrogens with zero attached hydrogens (tertiary/aromatic N) is 1. The molecule has 0 radical (unpaired) electrons. The number of phenolic OH excluding ortho intramolecular Hbond substituents is 1. The van der Waals surface area contributed by atoms with E-state index in [9.17, 15) is 34.3 Å². The van der Waals surface area contributed by atoms with E-state index in [2.05, 4.69) is 15.9 Å². The first-order valence-corrected chi connectivity index (χ1v) is 13.9. The second kappa shape index (κ2) is 9.94. The first-order chi connectivity index (χ1) is 19.5. The molecule has 6 rings (SSSR count). The van der Waals surface area contributed by atoms with Crippen LogP contribution < -0.4 is 15.1 Å². The number of amides is 2. The molecule has 11 heteroatoms. The molecule has 4 aliphatic rings. The van der Waals surface area contributed by atoms with Crippen molar-refractivity contribution in [3.63, 3.8) is 0 Å². The molecular formula is C30H25BBrNO8. The first-order valence-electron chi connectivity index (χ1n) is 13.1. The van der Waals surface area contributed by atoms with Crippen LogP contribution in [0.2, 0.25) is 0 Å². The molecule has 4 atom stereocenters. The Bertz CT molecular complexity index is 1660. The SMILES string of the molecule is COc1cc(C2C3=CCC4C(=O)N(c5cccc(B(O)O)c5)C(=O)C4C3CC3=C2C(=O)C=C(C)C3=O)cc(Br)c1O. The van der Waals surface area contributed by atoms with Gasteiger partial charge in [0.15, 0.2) is 23.1 Å². The Morgan fingerprint density at radius 2 is 1.80 bits per heavy atom. The van der Waals surface area contributed by atoms with Gasteiger partial charge in [-0.05, 0) is 83.0 Å². The maximum Gasteiger partial charge on any atom is 0.488 e. The fourth-order valence-corrected chi connectivity index (χ4v) is 7.22. The molecule has 1 saturated heterocycles. The summed E-state index contributed by atoms with van der Waals surface area (Å²) in [7, 11) is -0.358. The number of phenols is 1. The van der Waals surface area contributed by atoms with Crippen molar-refractivity contribution in [3.05, 3.63) is 80.9 Å². The summed E-state index contributed by atoms with van der Waals surface area (Å²) in [4.78, 5) is 55.6. The molecule has 208 valence electrons. The maximum atomic E-state index is 14.0. The Kier molecular flexibility index (Phi) is 6.63. The molecule has 2 aromatic rings. The van der Waals surface area contributed by atoms with Gasteiger partial charge in [0.25, 0.3) is 0 Å². The number of ether oxygens (including phenoxy) is 1.